The van der Waals surface area contributed by atoms with Gasteiger partial charge in [-0.1, -0.05) is 0 Å². The molecule has 0 bridgehead atoms. The van der Waals surface area contributed by atoms with Crippen molar-refractivity contribution in [2.45, 2.75) is 0 Å². The fraction of sp³-hybridized carbons (Fsp3) is 0. The van der Waals surface area contributed by atoms with Gasteiger partial charge in [0.1, 0.15) is 17.1 Å². The van der Waals surface area contributed by atoms with E-state index in [0.29, 0.717) is 0 Å². The Kier molecular flexibility index (Phi) is 4.51. The predicted molar refractivity (Wildman–Crippen MR) is 131 cm³/mol. The maximum absolute atomic E-state index is 10.1. The van der Waals surface area contributed by atoms with E-state index in [0.717, 1.165) is 0 Å². The lowest BCUT2D eigenvalue weighted by Gasteiger charge is -2.24. The molecule has 0 fully saturated rings. The van der Waals surface area contributed by atoms with Crippen LogP contribution in [0.3, 0.4) is 0 Å². The fourth-order valence-electron chi connectivity index (χ4n) is 3.50. The Hall–Kier alpha value is -5.14. The van der Waals surface area contributed by atoms with Crippen LogP contribution in [0.25, 0.3) is 22.3 Å². The molecule has 0 aromatic heterocycles. The highest BCUT2D eigenvalue weighted by atomic mass is 16.3. The van der Waals surface area contributed by atoms with Crippen molar-refractivity contribution in [3.63, 3.8) is 0 Å². The average Bonchev–Trinajstić information content (AvgIpc) is 2.76. The van der Waals surface area contributed by atoms with E-state index in [9.17, 15) is 15.3 Å². The molecule has 3 rings (SSSR count). The molecule has 170 valence electrons. The Morgan fingerprint density at radius 2 is 0.438 bits per heavy atom. The summed E-state index contributed by atoms with van der Waals surface area (Å²) in [7, 11) is 0. The molecule has 0 spiro atoms. The number of hydrogen-bond acceptors (Lipinski definition) is 14. The highest BCUT2D eigenvalue weighted by molar-refractivity contribution is 6.17. The zero-order chi connectivity index (χ0) is 24.4. The van der Waals surface area contributed by atoms with E-state index in [2.05, 4.69) is 0 Å². The molecule has 0 unspecified atom stereocenters. The number of nitrogens with two attached hydrogens (primary N) is 11. The van der Waals surface area contributed by atoms with Crippen molar-refractivity contribution in [1.82, 2.24) is 0 Å². The first-order chi connectivity index (χ1) is 14.7. The molecule has 3 aromatic carbocycles. The molecule has 0 saturated carbocycles. The van der Waals surface area contributed by atoms with Gasteiger partial charge >= 0.3 is 0 Å². The first kappa shape index (κ1) is 21.6. The largest absolute Gasteiger partial charge is 0.504 e. The van der Waals surface area contributed by atoms with Crippen LogP contribution in [0.1, 0.15) is 0 Å². The third kappa shape index (κ3) is 2.53. The molecular formula is C18H25N11O3. The summed E-state index contributed by atoms with van der Waals surface area (Å²) in [6.07, 6.45) is 0. The molecule has 32 heavy (non-hydrogen) atoms. The van der Waals surface area contributed by atoms with Crippen LogP contribution in [0.5, 0.6) is 17.2 Å². The Morgan fingerprint density at radius 1 is 0.250 bits per heavy atom. The van der Waals surface area contributed by atoms with Gasteiger partial charge in [-0.3, -0.25) is 0 Å². The van der Waals surface area contributed by atoms with Gasteiger partial charge in [0.2, 0.25) is 0 Å². The summed E-state index contributed by atoms with van der Waals surface area (Å²) in [5.74, 6) is -1.96. The summed E-state index contributed by atoms with van der Waals surface area (Å²) >= 11 is 0. The second-order valence-electron chi connectivity index (χ2n) is 7.10. The van der Waals surface area contributed by atoms with E-state index < -0.39 is 17.2 Å². The Morgan fingerprint density at radius 3 is 0.750 bits per heavy atom. The second-order valence-corrected chi connectivity index (χ2v) is 7.10. The lowest BCUT2D eigenvalue weighted by Crippen LogP contribution is -2.13. The molecule has 14 heteroatoms. The van der Waals surface area contributed by atoms with E-state index in [-0.39, 0.29) is 84.8 Å². The van der Waals surface area contributed by atoms with E-state index in [1.54, 1.807) is 0 Å². The van der Waals surface area contributed by atoms with E-state index >= 15 is 0 Å². The average molecular weight is 443 g/mol. The van der Waals surface area contributed by atoms with Crippen molar-refractivity contribution in [3.05, 3.63) is 0 Å². The third-order valence-corrected chi connectivity index (χ3v) is 5.35. The van der Waals surface area contributed by atoms with Gasteiger partial charge in [-0.15, -0.1) is 0 Å². The van der Waals surface area contributed by atoms with Gasteiger partial charge in [-0.05, 0) is 0 Å². The fourth-order valence-corrected chi connectivity index (χ4v) is 3.50. The topological polar surface area (TPSA) is 347 Å². The Balaban J connectivity index is 2.50. The van der Waals surface area contributed by atoms with Crippen LogP contribution in [0, 0.1) is 0 Å². The molecule has 25 N–H and O–H groups in total. The maximum atomic E-state index is 10.1. The summed E-state index contributed by atoms with van der Waals surface area (Å²) in [6, 6.07) is 0. The van der Waals surface area contributed by atoms with Gasteiger partial charge in [-0.25, -0.2) is 0 Å². The summed E-state index contributed by atoms with van der Waals surface area (Å²) in [4.78, 5) is 0. The highest BCUT2D eigenvalue weighted by Crippen LogP contribution is 2.57. The number of nitrogen functional groups attached to an aromatic ring is 11. The molecule has 3 aromatic rings. The number of phenolic OH excluding ortho intramolecular Hbond substituents is 3. The van der Waals surface area contributed by atoms with Crippen molar-refractivity contribution in [3.8, 4) is 39.5 Å². The second kappa shape index (κ2) is 6.69. The van der Waals surface area contributed by atoms with Crippen LogP contribution < -0.4 is 63.1 Å². The van der Waals surface area contributed by atoms with E-state index in [1.807, 2.05) is 0 Å². The van der Waals surface area contributed by atoms with Crippen molar-refractivity contribution in [2.75, 3.05) is 63.1 Å². The molecular weight excluding hydrogens is 418 g/mol. The van der Waals surface area contributed by atoms with Crippen molar-refractivity contribution < 1.29 is 15.3 Å². The van der Waals surface area contributed by atoms with Gasteiger partial charge in [0.25, 0.3) is 0 Å². The predicted octanol–water partition coefficient (Wildman–Crippen LogP) is -0.458. The normalized spacial score (nSPS) is 11.0. The standard InChI is InChI=1S/C18H25N11O3/c19-5-1(2-9(23)13(27)16(30)14(28)10(2)24)6(20)8(22)3(7(5)21)4-11(25)15(29)18(32)17(31)12(4)26/h30-32H,19-29H2. The van der Waals surface area contributed by atoms with E-state index in [4.69, 9.17) is 63.1 Å². The van der Waals surface area contributed by atoms with Gasteiger partial charge in [0, 0.05) is 22.3 Å². The van der Waals surface area contributed by atoms with Crippen molar-refractivity contribution in [2.24, 2.45) is 0 Å². The minimum atomic E-state index is -0.737. The van der Waals surface area contributed by atoms with Gasteiger partial charge in [-0.2, -0.15) is 0 Å². The SMILES string of the molecule is Nc1c(N)c(-c2c(N)c(N)c(-c3c(N)c(N)c(O)c(O)c3N)c(N)c2N)c(N)c(N)c1O. The minimum Gasteiger partial charge on any atom is -0.504 e. The zero-order valence-electron chi connectivity index (χ0n) is 16.7. The number of aromatic hydroxyl groups is 3. The summed E-state index contributed by atoms with van der Waals surface area (Å²) in [5.41, 5.74) is 63.9. The van der Waals surface area contributed by atoms with Crippen LogP contribution in [0.15, 0.2) is 0 Å². The van der Waals surface area contributed by atoms with Crippen LogP contribution >= 0.6 is 0 Å². The Bertz CT molecular complexity index is 1130. The van der Waals surface area contributed by atoms with Crippen molar-refractivity contribution in [1.29, 1.82) is 0 Å². The molecule has 0 aliphatic carbocycles. The minimum absolute atomic E-state index is 0.00488. The van der Waals surface area contributed by atoms with Crippen LogP contribution in [0.2, 0.25) is 0 Å². The van der Waals surface area contributed by atoms with Gasteiger partial charge in [0.05, 0.1) is 45.5 Å². The third-order valence-electron chi connectivity index (χ3n) is 5.35. The molecule has 0 aliphatic rings. The molecule has 0 saturated heterocycles. The summed E-state index contributed by atoms with van der Waals surface area (Å²) in [6.45, 7) is 0. The molecule has 0 aliphatic heterocycles. The van der Waals surface area contributed by atoms with Gasteiger partial charge < -0.3 is 78.4 Å². The monoisotopic (exact) mass is 443 g/mol. The number of hydrogen-bond donors (Lipinski definition) is 14. The zero-order valence-corrected chi connectivity index (χ0v) is 16.7. The van der Waals surface area contributed by atoms with Crippen molar-refractivity contribution >= 4 is 62.6 Å². The number of rotatable bonds is 2. The highest BCUT2D eigenvalue weighted by Gasteiger charge is 2.29. The van der Waals surface area contributed by atoms with Crippen LogP contribution in [0.4, 0.5) is 62.6 Å². The number of anilines is 11. The summed E-state index contributed by atoms with van der Waals surface area (Å²) in [5, 5.41) is 30.0. The number of phenols is 3. The maximum Gasteiger partial charge on any atom is 0.185 e. The molecule has 0 amide bonds. The smallest absolute Gasteiger partial charge is 0.185 e. The number of benzene rings is 3. The lowest BCUT2D eigenvalue weighted by molar-refractivity contribution is 0.408. The molecule has 0 radical (unpaired) electrons. The summed E-state index contributed by atoms with van der Waals surface area (Å²) < 4.78 is 0. The molecule has 0 heterocycles. The van der Waals surface area contributed by atoms with Crippen LogP contribution in [-0.4, -0.2) is 15.3 Å². The molecule has 0 atom stereocenters. The van der Waals surface area contributed by atoms with E-state index in [1.165, 1.54) is 0 Å². The molecule has 14 nitrogen and oxygen atoms in total. The van der Waals surface area contributed by atoms with Crippen LogP contribution in [-0.2, 0) is 0 Å². The quantitative estimate of drug-likeness (QED) is 0.135. The first-order valence-electron chi connectivity index (χ1n) is 8.85. The Labute approximate surface area is 181 Å². The van der Waals surface area contributed by atoms with Gasteiger partial charge in [0.15, 0.2) is 17.2 Å². The first-order valence-corrected chi connectivity index (χ1v) is 8.85. The lowest BCUT2D eigenvalue weighted by atomic mass is 9.88.